The van der Waals surface area contributed by atoms with Gasteiger partial charge in [-0.25, -0.2) is 4.57 Å². The Hall–Kier alpha value is -2.58. The minimum Gasteiger partial charge on any atom is -0.391 e. The first kappa shape index (κ1) is 88.4. The molecule has 1 amide bonds. The van der Waals surface area contributed by atoms with Gasteiger partial charge in [-0.05, 0) is 77.0 Å². The highest BCUT2D eigenvalue weighted by Gasteiger charge is 2.28. The Morgan fingerprint density at radius 2 is 0.659 bits per heavy atom. The average molecular weight is 1290 g/mol. The van der Waals surface area contributed by atoms with Crippen LogP contribution in [-0.4, -0.2) is 73.4 Å². The lowest BCUT2D eigenvalue weighted by molar-refractivity contribution is -0.870. The molecule has 0 saturated carbocycles. The number of carbonyl (C=O) groups is 1. The summed E-state index contributed by atoms with van der Waals surface area (Å²) in [6.07, 6.45) is 104. The van der Waals surface area contributed by atoms with Gasteiger partial charge < -0.3 is 19.8 Å². The van der Waals surface area contributed by atoms with Gasteiger partial charge >= 0.3 is 7.82 Å². The van der Waals surface area contributed by atoms with Crippen LogP contribution in [0.25, 0.3) is 0 Å². The Morgan fingerprint density at radius 3 is 0.967 bits per heavy atom. The molecule has 3 N–H and O–H groups in total. The highest BCUT2D eigenvalue weighted by molar-refractivity contribution is 7.47. The van der Waals surface area contributed by atoms with Crippen LogP contribution in [0, 0.1) is 0 Å². The van der Waals surface area contributed by atoms with Crippen LogP contribution in [0.3, 0.4) is 0 Å². The van der Waals surface area contributed by atoms with E-state index in [9.17, 15) is 19.4 Å². The minimum atomic E-state index is -4.34. The molecule has 0 aromatic rings. The quantitative estimate of drug-likeness (QED) is 0.0243. The zero-order valence-corrected chi connectivity index (χ0v) is 61.7. The van der Waals surface area contributed by atoms with E-state index in [4.69, 9.17) is 9.05 Å². The second-order valence-corrected chi connectivity index (χ2v) is 29.2. The van der Waals surface area contributed by atoms with Crippen molar-refractivity contribution in [2.45, 2.75) is 379 Å². The normalized spacial score (nSPS) is 14.1. The average Bonchev–Trinajstić information content (AvgIpc) is 3.58. The molecule has 8 nitrogen and oxygen atoms in total. The monoisotopic (exact) mass is 1290 g/mol. The van der Waals surface area contributed by atoms with E-state index >= 15 is 0 Å². The van der Waals surface area contributed by atoms with Crippen molar-refractivity contribution in [2.24, 2.45) is 0 Å². The topological polar surface area (TPSA) is 105 Å². The lowest BCUT2D eigenvalue weighted by Gasteiger charge is -2.26. The van der Waals surface area contributed by atoms with Gasteiger partial charge in [0.1, 0.15) is 13.2 Å². The van der Waals surface area contributed by atoms with Crippen LogP contribution in [0.2, 0.25) is 0 Å². The summed E-state index contributed by atoms with van der Waals surface area (Å²) >= 11 is 0. The van der Waals surface area contributed by atoms with Gasteiger partial charge in [0.15, 0.2) is 0 Å². The summed E-state index contributed by atoms with van der Waals surface area (Å²) in [5.41, 5.74) is 0. The number of quaternary nitrogens is 1. The number of aliphatic hydroxyl groups is 1. The smallest absolute Gasteiger partial charge is 0.391 e. The van der Waals surface area contributed by atoms with Gasteiger partial charge in [0.25, 0.3) is 0 Å². The zero-order valence-electron chi connectivity index (χ0n) is 60.8. The molecule has 0 rings (SSSR count). The fraction of sp³-hybridized carbons (Fsp3) is 0.793. The molecule has 0 bridgehead atoms. The van der Waals surface area contributed by atoms with Crippen molar-refractivity contribution in [1.82, 2.24) is 5.32 Å². The van der Waals surface area contributed by atoms with E-state index in [-0.39, 0.29) is 19.1 Å². The van der Waals surface area contributed by atoms with E-state index in [1.165, 1.54) is 250 Å². The number of hydrogen-bond donors (Lipinski definition) is 3. The van der Waals surface area contributed by atoms with Crippen LogP contribution < -0.4 is 5.32 Å². The highest BCUT2D eigenvalue weighted by atomic mass is 31.2. The van der Waals surface area contributed by atoms with Gasteiger partial charge in [-0.2, -0.15) is 0 Å². The summed E-state index contributed by atoms with van der Waals surface area (Å²) in [5.74, 6) is -0.142. The summed E-state index contributed by atoms with van der Waals surface area (Å²) in [6, 6.07) is -0.768. The SMILES string of the molecule is CC/C=C\C/C=C\C/C=C\C/C=C\C/C=C\C/C=C\C/C=C\C/C=C\CCCCCCCCCCCCCCCCC(=O)NC(COP(=O)(O)OCC[N+](C)(C)C)C(O)CCCCCCCCCCCCCCCCCCCCCCCCCCCCCCCC. The first-order valence-electron chi connectivity index (χ1n) is 39.1. The van der Waals surface area contributed by atoms with Crippen LogP contribution in [0.1, 0.15) is 367 Å². The first-order chi connectivity index (χ1) is 44.5. The van der Waals surface area contributed by atoms with E-state index in [0.717, 1.165) is 89.9 Å². The molecule has 0 spiro atoms. The van der Waals surface area contributed by atoms with E-state index in [1.807, 2.05) is 21.1 Å². The predicted molar refractivity (Wildman–Crippen MR) is 401 cm³/mol. The van der Waals surface area contributed by atoms with Gasteiger partial charge in [0.05, 0.1) is 39.9 Å². The standard InChI is InChI=1S/C82H151N2O6P/c1-6-8-10-12-14-16-18-20-22-24-26-28-30-32-34-36-38-39-40-41-42-43-44-45-46-48-50-52-54-56-58-60-62-64-66-68-70-72-74-76-82(86)83-80(79-90-91(87,88)89-78-77-84(3,4)5)81(85)75-73-71-69-67-65-63-61-59-57-55-53-51-49-47-37-35-33-31-29-27-25-23-21-19-17-15-13-11-9-7-2/h8,10,14,16,20,22,26,28,32,34,38-39,41-42,44-45,80-81,85H,6-7,9,11-13,15,17-19,21,23-25,27,29-31,33,35-37,40,43,46-79H2,1-5H3,(H-,83,86,87,88)/p+1/b10-8-,16-14-,22-20-,28-26-,34-32-,39-38-,42-41-,45-44-. The van der Waals surface area contributed by atoms with E-state index in [1.54, 1.807) is 0 Å². The third kappa shape index (κ3) is 74.7. The van der Waals surface area contributed by atoms with Crippen molar-refractivity contribution in [1.29, 1.82) is 0 Å². The number of unbranched alkanes of at least 4 members (excludes halogenated alkanes) is 43. The van der Waals surface area contributed by atoms with E-state index in [0.29, 0.717) is 23.9 Å². The van der Waals surface area contributed by atoms with Crippen LogP contribution in [-0.2, 0) is 18.4 Å². The molecule has 0 heterocycles. The zero-order chi connectivity index (χ0) is 66.2. The van der Waals surface area contributed by atoms with Crippen LogP contribution in [0.15, 0.2) is 97.2 Å². The summed E-state index contributed by atoms with van der Waals surface area (Å²) in [5, 5.41) is 14.2. The second kappa shape index (κ2) is 71.7. The third-order valence-corrected chi connectivity index (χ3v) is 18.6. The van der Waals surface area contributed by atoms with Gasteiger partial charge in [-0.1, -0.05) is 381 Å². The fourth-order valence-electron chi connectivity index (χ4n) is 11.6. The summed E-state index contributed by atoms with van der Waals surface area (Å²) in [6.45, 7) is 4.82. The number of phosphoric ester groups is 1. The van der Waals surface area contributed by atoms with Gasteiger partial charge in [-0.15, -0.1) is 0 Å². The Kier molecular flexibility index (Phi) is 69.7. The van der Waals surface area contributed by atoms with Gasteiger partial charge in [0, 0.05) is 6.42 Å². The molecule has 0 saturated heterocycles. The molecule has 0 aliphatic rings. The first-order valence-corrected chi connectivity index (χ1v) is 40.6. The van der Waals surface area contributed by atoms with Crippen LogP contribution in [0.5, 0.6) is 0 Å². The number of nitrogens with zero attached hydrogens (tertiary/aromatic N) is 1. The van der Waals surface area contributed by atoms with Crippen LogP contribution in [0.4, 0.5) is 0 Å². The molecule has 91 heavy (non-hydrogen) atoms. The summed E-state index contributed by atoms with van der Waals surface area (Å²) in [4.78, 5) is 23.5. The maximum atomic E-state index is 13.1. The summed E-state index contributed by atoms with van der Waals surface area (Å²) < 4.78 is 24.0. The Morgan fingerprint density at radius 1 is 0.385 bits per heavy atom. The third-order valence-electron chi connectivity index (χ3n) is 17.6. The molecule has 0 aromatic carbocycles. The van der Waals surface area contributed by atoms with Crippen molar-refractivity contribution >= 4 is 13.7 Å². The number of allylic oxidation sites excluding steroid dienone is 16. The van der Waals surface area contributed by atoms with Gasteiger partial charge in [0.2, 0.25) is 5.91 Å². The molecular weight excluding hydrogens is 1140 g/mol. The Labute approximate surface area is 566 Å². The summed E-state index contributed by atoms with van der Waals surface area (Å²) in [7, 11) is 1.62. The number of carbonyl (C=O) groups excluding carboxylic acids is 1. The maximum absolute atomic E-state index is 13.1. The molecule has 0 aliphatic heterocycles. The number of hydrogen-bond acceptors (Lipinski definition) is 5. The molecule has 0 aliphatic carbocycles. The predicted octanol–water partition coefficient (Wildman–Crippen LogP) is 25.6. The van der Waals surface area contributed by atoms with Gasteiger partial charge in [-0.3, -0.25) is 13.8 Å². The number of nitrogens with one attached hydrogen (secondary N) is 1. The molecule has 0 fully saturated rings. The Bertz CT molecular complexity index is 1810. The number of amides is 1. The van der Waals surface area contributed by atoms with Crippen molar-refractivity contribution in [3.63, 3.8) is 0 Å². The van der Waals surface area contributed by atoms with Crippen molar-refractivity contribution in [3.8, 4) is 0 Å². The molecular formula is C82H152N2O6P+. The van der Waals surface area contributed by atoms with Crippen molar-refractivity contribution in [2.75, 3.05) is 40.9 Å². The van der Waals surface area contributed by atoms with Crippen LogP contribution >= 0.6 is 7.82 Å². The van der Waals surface area contributed by atoms with Crippen molar-refractivity contribution in [3.05, 3.63) is 97.2 Å². The van der Waals surface area contributed by atoms with Crippen molar-refractivity contribution < 1.29 is 32.9 Å². The maximum Gasteiger partial charge on any atom is 0.472 e. The molecule has 3 atom stereocenters. The fourth-order valence-corrected chi connectivity index (χ4v) is 12.3. The molecule has 9 heteroatoms. The lowest BCUT2D eigenvalue weighted by Crippen LogP contribution is -2.46. The Balaban J connectivity index is 3.99. The highest BCUT2D eigenvalue weighted by Crippen LogP contribution is 2.43. The molecule has 530 valence electrons. The minimum absolute atomic E-state index is 0.0727. The van der Waals surface area contributed by atoms with E-state index in [2.05, 4.69) is 116 Å². The van der Waals surface area contributed by atoms with E-state index < -0.39 is 20.0 Å². The molecule has 0 radical (unpaired) electrons. The lowest BCUT2D eigenvalue weighted by atomic mass is 10.0. The largest absolute Gasteiger partial charge is 0.472 e. The number of aliphatic hydroxyl groups excluding tert-OH is 1. The second-order valence-electron chi connectivity index (χ2n) is 27.7. The number of phosphoric acid groups is 1. The number of likely N-dealkylation sites (N-methyl/N-ethyl adjacent to an activating group) is 1. The molecule has 0 aromatic heterocycles. The molecule has 3 unspecified atom stereocenters. The number of rotatable bonds is 72.